The van der Waals surface area contributed by atoms with Gasteiger partial charge in [0.1, 0.15) is 0 Å². The normalized spacial score (nSPS) is 30.4. The summed E-state index contributed by atoms with van der Waals surface area (Å²) in [5.41, 5.74) is 0. The molecule has 1 rings (SSSR count). The Morgan fingerprint density at radius 3 is 3.00 bits per heavy atom. The van der Waals surface area contributed by atoms with Gasteiger partial charge in [0, 0.05) is 25.7 Å². The Labute approximate surface area is 49.1 Å². The SMILES string of the molecule is OC[C@@H]1C[N]CCN1. The number of aliphatic hydroxyl groups excluding tert-OH is 1. The Morgan fingerprint density at radius 1 is 1.75 bits per heavy atom. The van der Waals surface area contributed by atoms with Gasteiger partial charge in [-0.05, 0) is 0 Å². The standard InChI is InChI=1S/C5H11N2O/c8-4-5-3-6-1-2-7-5/h5,7-8H,1-4H2/t5-/m0/s1. The van der Waals surface area contributed by atoms with Crippen LogP contribution in [-0.4, -0.2) is 37.4 Å². The molecule has 0 aromatic heterocycles. The lowest BCUT2D eigenvalue weighted by atomic mass is 10.2. The van der Waals surface area contributed by atoms with Gasteiger partial charge in [0.2, 0.25) is 0 Å². The minimum absolute atomic E-state index is 0.212. The summed E-state index contributed by atoms with van der Waals surface area (Å²) < 4.78 is 0. The first-order chi connectivity index (χ1) is 3.93. The Hall–Kier alpha value is -0.120. The van der Waals surface area contributed by atoms with Crippen molar-refractivity contribution < 1.29 is 5.11 Å². The highest BCUT2D eigenvalue weighted by atomic mass is 16.3. The summed E-state index contributed by atoms with van der Waals surface area (Å²) in [5.74, 6) is 0. The maximum Gasteiger partial charge on any atom is 0.0597 e. The highest BCUT2D eigenvalue weighted by Gasteiger charge is 2.09. The van der Waals surface area contributed by atoms with Crippen LogP contribution in [0.15, 0.2) is 0 Å². The minimum atomic E-state index is 0.212. The third-order valence-corrected chi connectivity index (χ3v) is 1.27. The number of piperazine rings is 1. The first-order valence-corrected chi connectivity index (χ1v) is 2.91. The molecular formula is C5H11N2O. The van der Waals surface area contributed by atoms with Crippen LogP contribution >= 0.6 is 0 Å². The Bertz CT molecular complexity index is 61.4. The van der Waals surface area contributed by atoms with E-state index in [-0.39, 0.29) is 12.6 Å². The number of hydrogen-bond donors (Lipinski definition) is 2. The third-order valence-electron chi connectivity index (χ3n) is 1.27. The van der Waals surface area contributed by atoms with Gasteiger partial charge in [0.15, 0.2) is 0 Å². The van der Waals surface area contributed by atoms with Crippen LogP contribution < -0.4 is 10.6 Å². The van der Waals surface area contributed by atoms with E-state index in [0.717, 1.165) is 19.6 Å². The Balaban J connectivity index is 2.13. The minimum Gasteiger partial charge on any atom is -0.395 e. The van der Waals surface area contributed by atoms with Gasteiger partial charge in [-0.15, -0.1) is 0 Å². The Kier molecular flexibility index (Phi) is 2.27. The lowest BCUT2D eigenvalue weighted by molar-refractivity contribution is 0.226. The van der Waals surface area contributed by atoms with Crippen molar-refractivity contribution in [1.82, 2.24) is 10.6 Å². The van der Waals surface area contributed by atoms with Crippen LogP contribution in [0.3, 0.4) is 0 Å². The zero-order valence-corrected chi connectivity index (χ0v) is 4.80. The first kappa shape index (κ1) is 6.01. The molecule has 1 heterocycles. The molecule has 0 amide bonds. The molecule has 0 unspecified atom stereocenters. The molecule has 0 aromatic carbocycles. The summed E-state index contributed by atoms with van der Waals surface area (Å²) in [4.78, 5) is 0. The number of aliphatic hydroxyl groups is 1. The molecule has 1 radical (unpaired) electrons. The molecule has 0 spiro atoms. The molecule has 1 fully saturated rings. The van der Waals surface area contributed by atoms with Gasteiger partial charge in [-0.2, -0.15) is 0 Å². The fraction of sp³-hybridized carbons (Fsp3) is 1.00. The molecule has 47 valence electrons. The smallest absolute Gasteiger partial charge is 0.0597 e. The molecule has 0 bridgehead atoms. The number of nitrogens with zero attached hydrogens (tertiary/aromatic N) is 1. The molecule has 1 aliphatic rings. The summed E-state index contributed by atoms with van der Waals surface area (Å²) >= 11 is 0. The second-order valence-corrected chi connectivity index (χ2v) is 1.96. The topological polar surface area (TPSA) is 46.4 Å². The Morgan fingerprint density at radius 2 is 2.62 bits per heavy atom. The molecule has 2 N–H and O–H groups in total. The second-order valence-electron chi connectivity index (χ2n) is 1.96. The average molecular weight is 115 g/mol. The van der Waals surface area contributed by atoms with Gasteiger partial charge in [0.25, 0.3) is 0 Å². The predicted octanol–water partition coefficient (Wildman–Crippen LogP) is -1.45. The molecule has 8 heavy (non-hydrogen) atoms. The predicted molar refractivity (Wildman–Crippen MR) is 30.7 cm³/mol. The summed E-state index contributed by atoms with van der Waals surface area (Å²) in [7, 11) is 0. The van der Waals surface area contributed by atoms with Crippen molar-refractivity contribution in [2.45, 2.75) is 6.04 Å². The van der Waals surface area contributed by atoms with Crippen LogP contribution in [0.25, 0.3) is 0 Å². The molecule has 1 atom stereocenters. The fourth-order valence-electron chi connectivity index (χ4n) is 0.782. The molecule has 3 nitrogen and oxygen atoms in total. The number of hydrogen-bond acceptors (Lipinski definition) is 2. The van der Waals surface area contributed by atoms with Gasteiger partial charge in [-0.3, -0.25) is 0 Å². The van der Waals surface area contributed by atoms with Crippen LogP contribution in [0.2, 0.25) is 0 Å². The lowest BCUT2D eigenvalue weighted by Crippen LogP contribution is -2.47. The van der Waals surface area contributed by atoms with E-state index >= 15 is 0 Å². The molecule has 0 saturated carbocycles. The summed E-state index contributed by atoms with van der Waals surface area (Å²) in [5, 5.41) is 15.8. The highest BCUT2D eigenvalue weighted by Crippen LogP contribution is 1.84. The summed E-state index contributed by atoms with van der Waals surface area (Å²) in [6.45, 7) is 2.81. The van der Waals surface area contributed by atoms with Crippen molar-refractivity contribution in [3.05, 3.63) is 0 Å². The van der Waals surface area contributed by atoms with E-state index in [1.54, 1.807) is 0 Å². The molecule has 1 saturated heterocycles. The first-order valence-electron chi connectivity index (χ1n) is 2.91. The zero-order valence-electron chi connectivity index (χ0n) is 4.80. The lowest BCUT2D eigenvalue weighted by Gasteiger charge is -2.20. The van der Waals surface area contributed by atoms with Gasteiger partial charge in [-0.25, -0.2) is 5.32 Å². The van der Waals surface area contributed by atoms with Crippen molar-refractivity contribution in [3.8, 4) is 0 Å². The zero-order chi connectivity index (χ0) is 5.82. The van der Waals surface area contributed by atoms with Gasteiger partial charge < -0.3 is 10.4 Å². The van der Waals surface area contributed by atoms with Crippen molar-refractivity contribution in [3.63, 3.8) is 0 Å². The van der Waals surface area contributed by atoms with Crippen LogP contribution in [0.5, 0.6) is 0 Å². The van der Waals surface area contributed by atoms with Gasteiger partial charge in [0.05, 0.1) is 6.61 Å². The van der Waals surface area contributed by atoms with E-state index in [0.29, 0.717) is 0 Å². The third kappa shape index (κ3) is 1.43. The number of nitrogens with one attached hydrogen (secondary N) is 1. The van der Waals surface area contributed by atoms with Crippen LogP contribution in [-0.2, 0) is 0 Å². The van der Waals surface area contributed by atoms with E-state index in [4.69, 9.17) is 5.11 Å². The molecule has 0 aliphatic carbocycles. The fourth-order valence-corrected chi connectivity index (χ4v) is 0.782. The van der Waals surface area contributed by atoms with Crippen LogP contribution in [0.4, 0.5) is 0 Å². The highest BCUT2D eigenvalue weighted by molar-refractivity contribution is 4.73. The average Bonchev–Trinajstić information content (AvgIpc) is 1.90. The van der Waals surface area contributed by atoms with Crippen molar-refractivity contribution in [2.75, 3.05) is 26.2 Å². The maximum absolute atomic E-state index is 8.57. The van der Waals surface area contributed by atoms with E-state index in [2.05, 4.69) is 10.6 Å². The van der Waals surface area contributed by atoms with Crippen molar-refractivity contribution in [2.24, 2.45) is 0 Å². The van der Waals surface area contributed by atoms with E-state index < -0.39 is 0 Å². The molecule has 3 heteroatoms. The summed E-state index contributed by atoms with van der Waals surface area (Å²) in [6, 6.07) is 0.226. The van der Waals surface area contributed by atoms with Crippen molar-refractivity contribution >= 4 is 0 Å². The van der Waals surface area contributed by atoms with Gasteiger partial charge in [-0.1, -0.05) is 0 Å². The van der Waals surface area contributed by atoms with E-state index in [1.165, 1.54) is 0 Å². The second kappa shape index (κ2) is 3.02. The van der Waals surface area contributed by atoms with Crippen molar-refractivity contribution in [1.29, 1.82) is 0 Å². The monoisotopic (exact) mass is 115 g/mol. The summed E-state index contributed by atoms with van der Waals surface area (Å²) in [6.07, 6.45) is 0. The molecular weight excluding hydrogens is 104 g/mol. The molecule has 1 aliphatic heterocycles. The van der Waals surface area contributed by atoms with Crippen LogP contribution in [0.1, 0.15) is 0 Å². The molecule has 0 aromatic rings. The van der Waals surface area contributed by atoms with Crippen LogP contribution in [0, 0.1) is 0 Å². The quantitative estimate of drug-likeness (QED) is 0.439. The number of rotatable bonds is 1. The van der Waals surface area contributed by atoms with E-state index in [9.17, 15) is 0 Å². The maximum atomic E-state index is 8.57. The largest absolute Gasteiger partial charge is 0.395 e. The van der Waals surface area contributed by atoms with Gasteiger partial charge >= 0.3 is 0 Å². The van der Waals surface area contributed by atoms with E-state index in [1.807, 2.05) is 0 Å².